The molecule has 0 unspecified atom stereocenters. The minimum atomic E-state index is -0.748. The van der Waals surface area contributed by atoms with Crippen LogP contribution in [0.3, 0.4) is 0 Å². The number of fused-ring (bicyclic) bond motifs is 1. The van der Waals surface area contributed by atoms with Crippen LogP contribution in [0.5, 0.6) is 0 Å². The number of para-hydroxylation sites is 1. The molecule has 0 spiro atoms. The molecule has 0 bridgehead atoms. The summed E-state index contributed by atoms with van der Waals surface area (Å²) >= 11 is 0. The third-order valence-electron chi connectivity index (χ3n) is 4.75. The summed E-state index contributed by atoms with van der Waals surface area (Å²) in [5.41, 5.74) is 0.766. The van der Waals surface area contributed by atoms with Crippen molar-refractivity contribution < 1.29 is 33.3 Å². The summed E-state index contributed by atoms with van der Waals surface area (Å²) in [6.45, 7) is 1.29. The molecule has 9 heteroatoms. The number of ether oxygens (including phenoxy) is 4. The first kappa shape index (κ1) is 23.0. The Morgan fingerprint density at radius 3 is 2.87 bits per heavy atom. The van der Waals surface area contributed by atoms with Gasteiger partial charge in [-0.15, -0.1) is 0 Å². The van der Waals surface area contributed by atoms with Crippen LogP contribution in [-0.4, -0.2) is 64.0 Å². The van der Waals surface area contributed by atoms with Crippen LogP contribution in [-0.2, 0) is 23.7 Å². The number of carbonyl (C=O) groups excluding carboxylic acids is 1. The topological polar surface area (TPSA) is 116 Å². The Balaban J connectivity index is 1.80. The summed E-state index contributed by atoms with van der Waals surface area (Å²) in [5.74, 6) is -0.778. The van der Waals surface area contributed by atoms with Crippen molar-refractivity contribution in [2.75, 3.05) is 46.7 Å². The van der Waals surface area contributed by atoms with Gasteiger partial charge in [-0.2, -0.15) is 0 Å². The van der Waals surface area contributed by atoms with Crippen LogP contribution in [0.4, 0.5) is 0 Å². The molecule has 31 heavy (non-hydrogen) atoms. The van der Waals surface area contributed by atoms with Gasteiger partial charge in [0.2, 0.25) is 6.29 Å². The summed E-state index contributed by atoms with van der Waals surface area (Å²) in [5, 5.41) is 12.0. The molecule has 1 aliphatic rings. The van der Waals surface area contributed by atoms with E-state index in [0.29, 0.717) is 36.1 Å². The maximum atomic E-state index is 13.0. The number of hydrogen-bond donors (Lipinski definition) is 2. The summed E-state index contributed by atoms with van der Waals surface area (Å²) in [6.07, 6.45) is 2.63. The lowest BCUT2D eigenvalue weighted by molar-refractivity contribution is -0.151. The van der Waals surface area contributed by atoms with E-state index in [0.717, 1.165) is 0 Å². The molecule has 1 aromatic heterocycles. The first-order valence-electron chi connectivity index (χ1n) is 10.1. The molecule has 0 aliphatic carbocycles. The lowest BCUT2D eigenvalue weighted by atomic mass is 9.93. The van der Waals surface area contributed by atoms with E-state index in [1.807, 2.05) is 0 Å². The molecule has 2 aromatic rings. The van der Waals surface area contributed by atoms with Crippen molar-refractivity contribution in [1.29, 1.82) is 0 Å². The Hall–Kier alpha value is -2.72. The summed E-state index contributed by atoms with van der Waals surface area (Å²) in [6, 6.07) is 7.01. The third kappa shape index (κ3) is 6.14. The van der Waals surface area contributed by atoms with Crippen LogP contribution in [0, 0.1) is 0 Å². The molecule has 1 aliphatic heterocycles. The van der Waals surface area contributed by atoms with E-state index in [1.165, 1.54) is 6.26 Å². The van der Waals surface area contributed by atoms with Crippen LogP contribution in [0.2, 0.25) is 0 Å². The normalized spacial score (nSPS) is 18.5. The third-order valence-corrected chi connectivity index (χ3v) is 4.75. The van der Waals surface area contributed by atoms with Gasteiger partial charge in [-0.25, -0.2) is 0 Å². The van der Waals surface area contributed by atoms with E-state index in [1.54, 1.807) is 37.5 Å². The van der Waals surface area contributed by atoms with Crippen LogP contribution < -0.4 is 10.7 Å². The monoisotopic (exact) mass is 433 g/mol. The maximum absolute atomic E-state index is 13.0. The fraction of sp³-hybridized carbons (Fsp3) is 0.455. The van der Waals surface area contributed by atoms with E-state index in [-0.39, 0.29) is 37.6 Å². The number of nitrogens with one attached hydrogen (secondary N) is 1. The second-order valence-corrected chi connectivity index (χ2v) is 6.89. The molecule has 1 aromatic carbocycles. The Labute approximate surface area is 179 Å². The smallest absolute Gasteiger partial charge is 0.286 e. The number of methoxy groups -OCH3 is 1. The highest BCUT2D eigenvalue weighted by atomic mass is 16.7. The van der Waals surface area contributed by atoms with Crippen molar-refractivity contribution in [2.24, 2.45) is 0 Å². The van der Waals surface area contributed by atoms with Gasteiger partial charge in [-0.05, 0) is 18.2 Å². The molecule has 0 radical (unpaired) electrons. The molecule has 9 nitrogen and oxygen atoms in total. The number of rotatable bonds is 11. The van der Waals surface area contributed by atoms with Crippen molar-refractivity contribution in [3.63, 3.8) is 0 Å². The average Bonchev–Trinajstić information content (AvgIpc) is 2.79. The van der Waals surface area contributed by atoms with Crippen LogP contribution in [0.15, 0.2) is 51.6 Å². The molecule has 2 atom stereocenters. The highest BCUT2D eigenvalue weighted by Crippen LogP contribution is 2.31. The van der Waals surface area contributed by atoms with Crippen molar-refractivity contribution in [3.05, 3.63) is 58.2 Å². The fourth-order valence-corrected chi connectivity index (χ4v) is 3.24. The van der Waals surface area contributed by atoms with Gasteiger partial charge >= 0.3 is 0 Å². The number of allylic oxidation sites excluding steroid dienone is 1. The molecule has 0 saturated heterocycles. The predicted octanol–water partition coefficient (Wildman–Crippen LogP) is 1.29. The SMILES string of the molecule is COCCNC(=O)C1=C[C@@H](c2coc3ccccc3c2=O)C[C@@H](OCCOCCO)O1. The van der Waals surface area contributed by atoms with Gasteiger partial charge in [-0.1, -0.05) is 12.1 Å². The van der Waals surface area contributed by atoms with Crippen molar-refractivity contribution in [3.8, 4) is 0 Å². The minimum Gasteiger partial charge on any atom is -0.464 e. The first-order valence-corrected chi connectivity index (χ1v) is 10.1. The second kappa shape index (κ2) is 11.6. The van der Waals surface area contributed by atoms with Crippen molar-refractivity contribution in [1.82, 2.24) is 5.32 Å². The lowest BCUT2D eigenvalue weighted by Gasteiger charge is -2.29. The van der Waals surface area contributed by atoms with Gasteiger partial charge in [0.1, 0.15) is 5.58 Å². The Morgan fingerprint density at radius 1 is 1.23 bits per heavy atom. The van der Waals surface area contributed by atoms with Gasteiger partial charge in [0.25, 0.3) is 5.91 Å². The number of aliphatic hydroxyl groups excluding tert-OH is 1. The lowest BCUT2D eigenvalue weighted by Crippen LogP contribution is -2.35. The van der Waals surface area contributed by atoms with Crippen LogP contribution >= 0.6 is 0 Å². The Bertz CT molecular complexity index is 954. The van der Waals surface area contributed by atoms with E-state index in [4.69, 9.17) is 28.5 Å². The molecule has 2 N–H and O–H groups in total. The van der Waals surface area contributed by atoms with Gasteiger partial charge in [0.15, 0.2) is 11.2 Å². The van der Waals surface area contributed by atoms with Crippen LogP contribution in [0.25, 0.3) is 11.0 Å². The van der Waals surface area contributed by atoms with E-state index >= 15 is 0 Å². The van der Waals surface area contributed by atoms with Crippen molar-refractivity contribution in [2.45, 2.75) is 18.6 Å². The molecule has 2 heterocycles. The predicted molar refractivity (Wildman–Crippen MR) is 112 cm³/mol. The maximum Gasteiger partial charge on any atom is 0.286 e. The van der Waals surface area contributed by atoms with Gasteiger partial charge in [0.05, 0.1) is 44.7 Å². The minimum absolute atomic E-state index is 0.0705. The summed E-state index contributed by atoms with van der Waals surface area (Å²) in [4.78, 5) is 25.6. The number of aliphatic hydroxyl groups is 1. The molecule has 0 fully saturated rings. The summed E-state index contributed by atoms with van der Waals surface area (Å²) in [7, 11) is 1.54. The van der Waals surface area contributed by atoms with Crippen molar-refractivity contribution >= 4 is 16.9 Å². The Kier molecular flexibility index (Phi) is 8.60. The molecule has 168 valence electrons. The summed E-state index contributed by atoms with van der Waals surface area (Å²) < 4.78 is 27.2. The molecule has 1 amide bonds. The molecular formula is C22H27NO8. The standard InChI is InChI=1S/C22H27NO8/c1-27-8-6-23-22(26)19-12-15(13-20(31-19)29-11-10-28-9-7-24)17-14-30-18-5-3-2-4-16(18)21(17)25/h2-5,12,14-15,20,24H,6-11,13H2,1H3,(H,23,26)/t15-,20+/m1/s1. The number of amides is 1. The molecular weight excluding hydrogens is 406 g/mol. The van der Waals surface area contributed by atoms with E-state index < -0.39 is 18.1 Å². The van der Waals surface area contributed by atoms with E-state index in [2.05, 4.69) is 5.32 Å². The van der Waals surface area contributed by atoms with Gasteiger partial charge in [-0.3, -0.25) is 9.59 Å². The number of benzene rings is 1. The van der Waals surface area contributed by atoms with Gasteiger partial charge < -0.3 is 33.8 Å². The van der Waals surface area contributed by atoms with E-state index in [9.17, 15) is 9.59 Å². The zero-order chi connectivity index (χ0) is 22.1. The molecule has 3 rings (SSSR count). The Morgan fingerprint density at radius 2 is 2.06 bits per heavy atom. The largest absolute Gasteiger partial charge is 0.464 e. The highest BCUT2D eigenvalue weighted by Gasteiger charge is 2.30. The van der Waals surface area contributed by atoms with Gasteiger partial charge in [0, 0.05) is 31.6 Å². The zero-order valence-corrected chi connectivity index (χ0v) is 17.4. The second-order valence-electron chi connectivity index (χ2n) is 6.89. The zero-order valence-electron chi connectivity index (χ0n) is 17.4. The number of hydrogen-bond acceptors (Lipinski definition) is 8. The number of carbonyl (C=O) groups is 1. The fourth-order valence-electron chi connectivity index (χ4n) is 3.24. The quantitative estimate of drug-likeness (QED) is 0.510. The average molecular weight is 433 g/mol. The van der Waals surface area contributed by atoms with Crippen LogP contribution in [0.1, 0.15) is 17.9 Å². The first-order chi connectivity index (χ1) is 15.1. The molecule has 0 saturated carbocycles. The highest BCUT2D eigenvalue weighted by molar-refractivity contribution is 5.91.